The summed E-state index contributed by atoms with van der Waals surface area (Å²) >= 11 is 0. The van der Waals surface area contributed by atoms with E-state index in [1.54, 1.807) is 36.7 Å². The predicted octanol–water partition coefficient (Wildman–Crippen LogP) is 3.30. The van der Waals surface area contributed by atoms with Crippen LogP contribution in [0.1, 0.15) is 53.2 Å². The van der Waals surface area contributed by atoms with E-state index in [2.05, 4.69) is 25.1 Å². The van der Waals surface area contributed by atoms with E-state index in [0.717, 1.165) is 45.4 Å². The number of aliphatic hydroxyl groups is 1. The second-order valence-electron chi connectivity index (χ2n) is 9.94. The van der Waals surface area contributed by atoms with Gasteiger partial charge in [0, 0.05) is 43.5 Å². The second-order valence-corrected chi connectivity index (χ2v) is 9.94. The number of likely N-dealkylation sites (tertiary alicyclic amines) is 2. The van der Waals surface area contributed by atoms with Gasteiger partial charge in [0.25, 0.3) is 5.91 Å². The average Bonchev–Trinajstić information content (AvgIpc) is 2.91. The Morgan fingerprint density at radius 1 is 1.03 bits per heavy atom. The van der Waals surface area contributed by atoms with Gasteiger partial charge in [-0.1, -0.05) is 12.1 Å². The van der Waals surface area contributed by atoms with Crippen molar-refractivity contribution in [1.29, 1.82) is 0 Å². The number of pyridine rings is 2. The van der Waals surface area contributed by atoms with Crippen molar-refractivity contribution < 1.29 is 20.1 Å². The van der Waals surface area contributed by atoms with E-state index < -0.39 is 6.23 Å². The fourth-order valence-corrected chi connectivity index (χ4v) is 5.45. The number of aromatic nitrogens is 2. The maximum absolute atomic E-state index is 12.4. The van der Waals surface area contributed by atoms with Crippen LogP contribution in [0.4, 0.5) is 5.69 Å². The Bertz CT molecular complexity index is 1200. The zero-order chi connectivity index (χ0) is 25.8. The Balaban J connectivity index is 1.13. The van der Waals surface area contributed by atoms with Gasteiger partial charge in [-0.3, -0.25) is 24.6 Å². The molecule has 2 fully saturated rings. The van der Waals surface area contributed by atoms with Gasteiger partial charge in [-0.25, -0.2) is 0 Å². The molecule has 2 aliphatic heterocycles. The number of hydrogen-bond acceptors (Lipinski definition) is 8. The summed E-state index contributed by atoms with van der Waals surface area (Å²) < 4.78 is 0. The van der Waals surface area contributed by atoms with E-state index in [4.69, 9.17) is 0 Å². The molecular weight excluding hydrogens is 470 g/mol. The number of rotatable bonds is 6. The maximum atomic E-state index is 12.4. The minimum Gasteiger partial charge on any atom is -0.508 e. The molecule has 5 rings (SSSR count). The summed E-state index contributed by atoms with van der Waals surface area (Å²) in [7, 11) is 0. The largest absolute Gasteiger partial charge is 0.508 e. The van der Waals surface area contributed by atoms with E-state index in [1.807, 2.05) is 12.1 Å². The van der Waals surface area contributed by atoms with E-state index >= 15 is 0 Å². The lowest BCUT2D eigenvalue weighted by molar-refractivity contribution is -0.0699. The summed E-state index contributed by atoms with van der Waals surface area (Å²) in [5.74, 6) is -0.0621. The lowest BCUT2D eigenvalue weighted by atomic mass is 9.89. The Hall–Kier alpha value is -3.53. The van der Waals surface area contributed by atoms with Crippen LogP contribution in [-0.4, -0.2) is 72.9 Å². The highest BCUT2D eigenvalue weighted by atomic mass is 16.3. The van der Waals surface area contributed by atoms with E-state index in [-0.39, 0.29) is 23.3 Å². The molecule has 2 atom stereocenters. The number of benzene rings is 1. The first-order valence-electron chi connectivity index (χ1n) is 12.8. The fourth-order valence-electron chi connectivity index (χ4n) is 5.45. The third kappa shape index (κ3) is 6.07. The number of nitrogens with one attached hydrogen (secondary N) is 1. The number of aliphatic hydroxyl groups excluding tert-OH is 1. The van der Waals surface area contributed by atoms with Gasteiger partial charge in [0.2, 0.25) is 0 Å². The summed E-state index contributed by atoms with van der Waals surface area (Å²) in [5, 5.41) is 33.9. The Kier molecular flexibility index (Phi) is 7.64. The van der Waals surface area contributed by atoms with Gasteiger partial charge in [-0.05, 0) is 68.6 Å². The molecule has 194 valence electrons. The first-order valence-corrected chi connectivity index (χ1v) is 12.8. The van der Waals surface area contributed by atoms with Crippen LogP contribution in [-0.2, 0) is 6.54 Å². The smallest absolute Gasteiger partial charge is 0.257 e. The molecule has 0 aliphatic carbocycles. The Labute approximate surface area is 216 Å². The van der Waals surface area contributed by atoms with Crippen LogP contribution in [0.5, 0.6) is 11.5 Å². The van der Waals surface area contributed by atoms with Gasteiger partial charge in [0.15, 0.2) is 0 Å². The lowest BCUT2D eigenvalue weighted by Gasteiger charge is -2.44. The number of anilines is 1. The number of carbonyl (C=O) groups is 1. The van der Waals surface area contributed by atoms with Crippen molar-refractivity contribution in [3.63, 3.8) is 0 Å². The highest BCUT2D eigenvalue weighted by Gasteiger charge is 2.35. The summed E-state index contributed by atoms with van der Waals surface area (Å²) in [6.07, 6.45) is 7.34. The Morgan fingerprint density at radius 3 is 2.49 bits per heavy atom. The highest BCUT2D eigenvalue weighted by Crippen LogP contribution is 2.37. The van der Waals surface area contributed by atoms with Crippen LogP contribution in [0.2, 0.25) is 0 Å². The Morgan fingerprint density at radius 2 is 1.81 bits per heavy atom. The van der Waals surface area contributed by atoms with Crippen molar-refractivity contribution in [2.75, 3.05) is 25.0 Å². The minimum atomic E-state index is -0.585. The summed E-state index contributed by atoms with van der Waals surface area (Å²) in [5.41, 5.74) is 2.58. The average molecular weight is 504 g/mol. The second kappa shape index (κ2) is 11.2. The normalized spacial score (nSPS) is 21.5. The molecule has 2 saturated heterocycles. The molecular formula is C28H33N5O4. The first kappa shape index (κ1) is 25.1. The van der Waals surface area contributed by atoms with E-state index in [0.29, 0.717) is 29.4 Å². The van der Waals surface area contributed by atoms with Gasteiger partial charge < -0.3 is 20.6 Å². The number of amides is 1. The third-order valence-electron chi connectivity index (χ3n) is 7.45. The molecule has 37 heavy (non-hydrogen) atoms. The molecule has 4 heterocycles. The lowest BCUT2D eigenvalue weighted by Crippen LogP contribution is -2.51. The van der Waals surface area contributed by atoms with Crippen LogP contribution in [0.15, 0.2) is 61.1 Å². The predicted molar refractivity (Wildman–Crippen MR) is 139 cm³/mol. The monoisotopic (exact) mass is 503 g/mol. The van der Waals surface area contributed by atoms with Crippen LogP contribution < -0.4 is 5.32 Å². The fraction of sp³-hybridized carbons (Fsp3) is 0.393. The van der Waals surface area contributed by atoms with Gasteiger partial charge in [-0.15, -0.1) is 0 Å². The number of aromatic hydroxyl groups is 2. The molecule has 2 aromatic heterocycles. The van der Waals surface area contributed by atoms with Crippen LogP contribution in [0.3, 0.4) is 0 Å². The zero-order valence-electron chi connectivity index (χ0n) is 20.7. The quantitative estimate of drug-likeness (QED) is 0.404. The molecule has 1 unspecified atom stereocenters. The summed E-state index contributed by atoms with van der Waals surface area (Å²) in [6.45, 7) is 3.54. The molecule has 2 aliphatic rings. The highest BCUT2D eigenvalue weighted by molar-refractivity contribution is 6.04. The molecule has 3 aromatic rings. The molecule has 1 amide bonds. The molecule has 0 spiro atoms. The number of piperidine rings is 2. The molecule has 0 saturated carbocycles. The number of hydrogen-bond donors (Lipinski definition) is 4. The molecule has 0 bridgehead atoms. The van der Waals surface area contributed by atoms with Gasteiger partial charge >= 0.3 is 0 Å². The van der Waals surface area contributed by atoms with E-state index in [1.165, 1.54) is 17.8 Å². The topological polar surface area (TPSA) is 122 Å². The van der Waals surface area contributed by atoms with E-state index in [9.17, 15) is 20.1 Å². The standard InChI is InChI=1S/C28H33N5O4/c34-24-5-3-19(4-6-24)18-32-11-8-23(9-12-32)33-13-7-20(14-26(33)36)27-25(35)15-22(17-30-27)31-28(37)21-2-1-10-29-16-21/h1-6,10,15-17,20,23,26,34-36H,7-9,11-14,18H2,(H,31,37)/t20?,26-/m0/s1. The molecule has 1 aromatic carbocycles. The number of phenols is 1. The molecule has 0 radical (unpaired) electrons. The van der Waals surface area contributed by atoms with Crippen molar-refractivity contribution >= 4 is 11.6 Å². The van der Waals surface area contributed by atoms with Crippen LogP contribution in [0, 0.1) is 0 Å². The van der Waals surface area contributed by atoms with Crippen LogP contribution >= 0.6 is 0 Å². The van der Waals surface area contributed by atoms with Gasteiger partial charge in [0.05, 0.1) is 23.1 Å². The molecule has 9 nitrogen and oxygen atoms in total. The summed E-state index contributed by atoms with van der Waals surface area (Å²) in [4.78, 5) is 25.4. The minimum absolute atomic E-state index is 0.0252. The number of nitrogens with zero attached hydrogens (tertiary/aromatic N) is 4. The molecule has 9 heteroatoms. The first-order chi connectivity index (χ1) is 18.0. The van der Waals surface area contributed by atoms with Crippen molar-refractivity contribution in [2.45, 2.75) is 50.4 Å². The van der Waals surface area contributed by atoms with Crippen molar-refractivity contribution in [3.8, 4) is 11.5 Å². The van der Waals surface area contributed by atoms with Gasteiger partial charge in [0.1, 0.15) is 17.7 Å². The summed E-state index contributed by atoms with van der Waals surface area (Å²) in [6, 6.07) is 12.6. The zero-order valence-corrected chi connectivity index (χ0v) is 20.7. The van der Waals surface area contributed by atoms with Crippen molar-refractivity contribution in [2.24, 2.45) is 0 Å². The number of phenolic OH excluding ortho intramolecular Hbond substituents is 1. The molecule has 4 N–H and O–H groups in total. The van der Waals surface area contributed by atoms with Crippen molar-refractivity contribution in [1.82, 2.24) is 19.8 Å². The SMILES string of the molecule is O=C(Nc1cnc(C2CCN(C3CCN(Cc4ccc(O)cc4)CC3)[C@@H](O)C2)c(O)c1)c1cccnc1. The number of carbonyl (C=O) groups excluding carboxylic acids is 1. The third-order valence-corrected chi connectivity index (χ3v) is 7.45. The van der Waals surface area contributed by atoms with Crippen LogP contribution in [0.25, 0.3) is 0 Å². The maximum Gasteiger partial charge on any atom is 0.257 e. The van der Waals surface area contributed by atoms with Gasteiger partial charge in [-0.2, -0.15) is 0 Å². The van der Waals surface area contributed by atoms with Crippen molar-refractivity contribution in [3.05, 3.63) is 77.9 Å².